The van der Waals surface area contributed by atoms with E-state index >= 15 is 0 Å². The number of ether oxygens (including phenoxy) is 1. The van der Waals surface area contributed by atoms with Gasteiger partial charge in [-0.1, -0.05) is 11.8 Å². The molecular weight excluding hydrogens is 310 g/mol. The van der Waals surface area contributed by atoms with E-state index in [0.29, 0.717) is 18.3 Å². The maximum Gasteiger partial charge on any atom is 0.320 e. The second kappa shape index (κ2) is 7.56. The molecule has 0 amide bonds. The minimum Gasteiger partial charge on any atom is -0.861 e. The van der Waals surface area contributed by atoms with Crippen molar-refractivity contribution < 1.29 is 19.0 Å². The summed E-state index contributed by atoms with van der Waals surface area (Å²) < 4.78 is 11.3. The Labute approximate surface area is 130 Å². The van der Waals surface area contributed by atoms with Crippen molar-refractivity contribution in [1.82, 2.24) is 15.2 Å². The summed E-state index contributed by atoms with van der Waals surface area (Å²) in [4.78, 5) is 11.7. The molecule has 2 aromatic heterocycles. The van der Waals surface area contributed by atoms with Crippen molar-refractivity contribution in [2.45, 2.75) is 11.7 Å². The molecule has 0 fully saturated rings. The molecule has 4 N–H and O–H groups in total. The van der Waals surface area contributed by atoms with E-state index in [2.05, 4.69) is 20.2 Å². The first-order valence-corrected chi connectivity index (χ1v) is 7.18. The van der Waals surface area contributed by atoms with Gasteiger partial charge in [0.2, 0.25) is 11.8 Å². The summed E-state index contributed by atoms with van der Waals surface area (Å²) in [6.07, 6.45) is 1.51. The summed E-state index contributed by atoms with van der Waals surface area (Å²) in [5, 5.41) is 15.8. The lowest BCUT2D eigenvalue weighted by atomic mass is 10.5. The van der Waals surface area contributed by atoms with Crippen molar-refractivity contribution >= 4 is 35.2 Å². The second-order valence-electron chi connectivity index (χ2n) is 4.09. The smallest absolute Gasteiger partial charge is 0.320 e. The van der Waals surface area contributed by atoms with Crippen LogP contribution in [0, 0.1) is 0 Å². The highest BCUT2D eigenvalue weighted by molar-refractivity contribution is 7.99. The number of anilines is 2. The van der Waals surface area contributed by atoms with Crippen LogP contribution < -0.4 is 21.3 Å². The van der Waals surface area contributed by atoms with Gasteiger partial charge >= 0.3 is 5.88 Å². The van der Waals surface area contributed by atoms with Crippen molar-refractivity contribution in [2.24, 2.45) is 4.99 Å². The Morgan fingerprint density at radius 2 is 2.18 bits per heavy atom. The average Bonchev–Trinajstić information content (AvgIpc) is 2.89. The van der Waals surface area contributed by atoms with Gasteiger partial charge in [0.15, 0.2) is 5.16 Å². The van der Waals surface area contributed by atoms with Gasteiger partial charge in [-0.15, -0.1) is 0 Å². The Kier molecular flexibility index (Phi) is 5.49. The van der Waals surface area contributed by atoms with Crippen LogP contribution >= 0.6 is 11.8 Å². The first kappa shape index (κ1) is 16.0. The van der Waals surface area contributed by atoms with Crippen molar-refractivity contribution in [3.63, 3.8) is 0 Å². The molecule has 0 radical (unpaired) electrons. The number of nitrogens with two attached hydrogens (primary N) is 2. The molecule has 11 heteroatoms. The van der Waals surface area contributed by atoms with Gasteiger partial charge in [0.1, 0.15) is 18.2 Å². The van der Waals surface area contributed by atoms with Gasteiger partial charge in [-0.25, -0.2) is 15.0 Å². The molecule has 22 heavy (non-hydrogen) atoms. The van der Waals surface area contributed by atoms with Crippen LogP contribution in [0.4, 0.5) is 17.5 Å². The third kappa shape index (κ3) is 4.86. The minimum atomic E-state index is -0.412. The van der Waals surface area contributed by atoms with Gasteiger partial charge in [-0.05, 0) is 10.6 Å². The Balaban J connectivity index is 1.93. The molecule has 0 aromatic carbocycles. The SMILES string of the molecule is COCC[n+]1cc(/N=C(/[O-])CSc2nc(N)cc(N)n2)on1. The van der Waals surface area contributed by atoms with Gasteiger partial charge in [0, 0.05) is 18.9 Å². The van der Waals surface area contributed by atoms with E-state index in [1.54, 1.807) is 7.11 Å². The number of aromatic nitrogens is 4. The van der Waals surface area contributed by atoms with E-state index in [0.717, 1.165) is 11.8 Å². The van der Waals surface area contributed by atoms with Crippen LogP contribution in [0.5, 0.6) is 0 Å². The maximum atomic E-state index is 11.8. The first-order chi connectivity index (χ1) is 10.6. The van der Waals surface area contributed by atoms with Gasteiger partial charge in [-0.3, -0.25) is 4.52 Å². The molecule has 2 heterocycles. The number of methoxy groups -OCH3 is 1. The summed E-state index contributed by atoms with van der Waals surface area (Å²) in [7, 11) is 1.58. The van der Waals surface area contributed by atoms with E-state index in [1.807, 2.05) is 0 Å². The highest BCUT2D eigenvalue weighted by Gasteiger charge is 2.09. The lowest BCUT2D eigenvalue weighted by molar-refractivity contribution is -0.763. The van der Waals surface area contributed by atoms with Gasteiger partial charge in [0.05, 0.1) is 0 Å². The lowest BCUT2D eigenvalue weighted by Gasteiger charge is -2.07. The fourth-order valence-electron chi connectivity index (χ4n) is 1.42. The normalized spacial score (nSPS) is 11.8. The van der Waals surface area contributed by atoms with Crippen molar-refractivity contribution in [3.8, 4) is 0 Å². The quantitative estimate of drug-likeness (QED) is 0.209. The van der Waals surface area contributed by atoms with Crippen LogP contribution in [0.25, 0.3) is 0 Å². The molecule has 0 unspecified atom stereocenters. The first-order valence-electron chi connectivity index (χ1n) is 6.19. The van der Waals surface area contributed by atoms with E-state index in [-0.39, 0.29) is 23.3 Å². The van der Waals surface area contributed by atoms with E-state index in [1.165, 1.54) is 16.9 Å². The monoisotopic (exact) mass is 325 g/mol. The summed E-state index contributed by atoms with van der Waals surface area (Å²) in [6.45, 7) is 0.990. The van der Waals surface area contributed by atoms with Crippen LogP contribution in [0.15, 0.2) is 26.9 Å². The van der Waals surface area contributed by atoms with E-state index in [4.69, 9.17) is 20.7 Å². The fourth-order valence-corrected chi connectivity index (χ4v) is 2.07. The van der Waals surface area contributed by atoms with Crippen LogP contribution in [0.3, 0.4) is 0 Å². The summed E-state index contributed by atoms with van der Waals surface area (Å²) in [6, 6.07) is 1.43. The number of thioether (sulfide) groups is 1. The molecule has 0 saturated heterocycles. The number of hydrogen-bond acceptors (Lipinski definition) is 10. The number of rotatable bonds is 7. The molecule has 0 atom stereocenters. The summed E-state index contributed by atoms with van der Waals surface area (Å²) >= 11 is 1.08. The van der Waals surface area contributed by atoms with Crippen LogP contribution in [0.2, 0.25) is 0 Å². The molecule has 2 rings (SSSR count). The van der Waals surface area contributed by atoms with E-state index in [9.17, 15) is 5.11 Å². The third-order valence-electron chi connectivity index (χ3n) is 2.33. The zero-order valence-corrected chi connectivity index (χ0v) is 12.6. The Morgan fingerprint density at radius 3 is 2.86 bits per heavy atom. The Bertz CT molecular complexity index is 641. The van der Waals surface area contributed by atoms with Crippen LogP contribution in [-0.2, 0) is 11.3 Å². The highest BCUT2D eigenvalue weighted by Crippen LogP contribution is 2.16. The average molecular weight is 325 g/mol. The zero-order chi connectivity index (χ0) is 15.9. The molecule has 0 aliphatic carbocycles. The molecule has 0 bridgehead atoms. The largest absolute Gasteiger partial charge is 0.861 e. The molecule has 0 spiro atoms. The molecule has 0 saturated carbocycles. The van der Waals surface area contributed by atoms with Gasteiger partial charge in [0.25, 0.3) is 6.20 Å². The maximum absolute atomic E-state index is 11.8. The second-order valence-corrected chi connectivity index (χ2v) is 5.03. The predicted octanol–water partition coefficient (Wildman–Crippen LogP) is -1.25. The highest BCUT2D eigenvalue weighted by atomic mass is 32.2. The number of aliphatic imine (C=N–C) groups is 1. The van der Waals surface area contributed by atoms with Crippen molar-refractivity contribution in [3.05, 3.63) is 12.3 Å². The molecule has 10 nitrogen and oxygen atoms in total. The molecule has 0 aliphatic heterocycles. The molecule has 0 aliphatic rings. The van der Waals surface area contributed by atoms with Crippen molar-refractivity contribution in [2.75, 3.05) is 30.9 Å². The fraction of sp³-hybridized carbons (Fsp3) is 0.364. The third-order valence-corrected chi connectivity index (χ3v) is 3.16. The summed E-state index contributed by atoms with van der Waals surface area (Å²) in [5.74, 6) is 0.226. The topological polar surface area (TPSA) is 152 Å². The van der Waals surface area contributed by atoms with Crippen molar-refractivity contribution in [1.29, 1.82) is 0 Å². The molecular formula is C11H15N7O3S. The standard InChI is InChI=1S/C11H15N7O3S/c1-20-3-2-18-5-10(21-17-18)16-9(19)6-22-11-14-7(12)4-8(13)15-11/h4-5H,2-3,6H2,1H3,(H4-,12,13,14,15,16,17,19). The minimum absolute atomic E-state index is 0.0294. The van der Waals surface area contributed by atoms with Crippen LogP contribution in [0.1, 0.15) is 0 Å². The van der Waals surface area contributed by atoms with Gasteiger partial charge < -0.3 is 21.3 Å². The van der Waals surface area contributed by atoms with Crippen LogP contribution in [-0.4, -0.2) is 40.6 Å². The van der Waals surface area contributed by atoms with Gasteiger partial charge in [-0.2, -0.15) is 0 Å². The summed E-state index contributed by atoms with van der Waals surface area (Å²) in [5.41, 5.74) is 11.1. The Morgan fingerprint density at radius 1 is 1.45 bits per heavy atom. The predicted molar refractivity (Wildman–Crippen MR) is 77.2 cm³/mol. The molecule has 118 valence electrons. The number of nitrogen functional groups attached to an aromatic ring is 2. The lowest BCUT2D eigenvalue weighted by Crippen LogP contribution is -2.36. The van der Waals surface area contributed by atoms with E-state index < -0.39 is 5.90 Å². The number of nitrogens with zero attached hydrogens (tertiary/aromatic N) is 5. The molecule has 2 aromatic rings. The zero-order valence-electron chi connectivity index (χ0n) is 11.8. The Hall–Kier alpha value is -2.40. The number of hydrogen-bond donors (Lipinski definition) is 2.